The molecular formula is C18H18O2. The Balaban J connectivity index is 1.89. The van der Waals surface area contributed by atoms with Gasteiger partial charge >= 0.3 is 5.97 Å². The number of benzene rings is 2. The molecule has 0 aliphatic heterocycles. The zero-order chi connectivity index (χ0) is 13.9. The van der Waals surface area contributed by atoms with Gasteiger partial charge in [-0.2, -0.15) is 0 Å². The van der Waals surface area contributed by atoms with Crippen molar-refractivity contribution in [1.82, 2.24) is 0 Å². The number of carbonyl (C=O) groups is 1. The van der Waals surface area contributed by atoms with E-state index in [1.54, 1.807) is 0 Å². The van der Waals surface area contributed by atoms with E-state index in [2.05, 4.69) is 36.4 Å². The predicted molar refractivity (Wildman–Crippen MR) is 79.6 cm³/mol. The monoisotopic (exact) mass is 266 g/mol. The highest BCUT2D eigenvalue weighted by atomic mass is 16.5. The summed E-state index contributed by atoms with van der Waals surface area (Å²) in [6.45, 7) is 2.42. The maximum Gasteiger partial charge on any atom is 0.305 e. The largest absolute Gasteiger partial charge is 0.465 e. The van der Waals surface area contributed by atoms with Gasteiger partial charge in [0, 0.05) is 12.3 Å². The topological polar surface area (TPSA) is 26.3 Å². The molecule has 0 aromatic heterocycles. The summed E-state index contributed by atoms with van der Waals surface area (Å²) < 4.78 is 5.44. The van der Waals surface area contributed by atoms with Gasteiger partial charge in [-0.3, -0.25) is 4.79 Å². The Kier molecular flexibility index (Phi) is 3.55. The summed E-state index contributed by atoms with van der Waals surface area (Å²) >= 11 is 0. The van der Waals surface area contributed by atoms with Crippen LogP contribution in [0.5, 0.6) is 0 Å². The minimum Gasteiger partial charge on any atom is -0.465 e. The van der Waals surface area contributed by atoms with Crippen LogP contribution in [0, 0.1) is 0 Å². The maximum atomic E-state index is 11.6. The lowest BCUT2D eigenvalue weighted by Crippen LogP contribution is -2.12. The Hall–Kier alpha value is -2.09. The van der Waals surface area contributed by atoms with Gasteiger partial charge in [0.15, 0.2) is 0 Å². The zero-order valence-electron chi connectivity index (χ0n) is 11.6. The minimum atomic E-state index is -0.102. The molecule has 102 valence electrons. The fourth-order valence-electron chi connectivity index (χ4n) is 2.89. The van der Waals surface area contributed by atoms with Gasteiger partial charge in [-0.25, -0.2) is 0 Å². The summed E-state index contributed by atoms with van der Waals surface area (Å²) in [4.78, 5) is 11.6. The average molecular weight is 266 g/mol. The molecule has 0 amide bonds. The second-order valence-corrected chi connectivity index (χ2v) is 5.16. The molecule has 0 bridgehead atoms. The van der Waals surface area contributed by atoms with E-state index in [1.165, 1.54) is 22.3 Å². The summed E-state index contributed by atoms with van der Waals surface area (Å²) in [5, 5.41) is 0. The maximum absolute atomic E-state index is 11.6. The molecule has 0 N–H and O–H groups in total. The van der Waals surface area contributed by atoms with Crippen LogP contribution in [0.15, 0.2) is 48.5 Å². The minimum absolute atomic E-state index is 0.102. The fraction of sp³-hybridized carbons (Fsp3) is 0.278. The highest BCUT2D eigenvalue weighted by molar-refractivity contribution is 5.79. The third-order valence-corrected chi connectivity index (χ3v) is 3.83. The van der Waals surface area contributed by atoms with Gasteiger partial charge < -0.3 is 4.74 Å². The molecule has 0 unspecified atom stereocenters. The smallest absolute Gasteiger partial charge is 0.305 e. The molecule has 0 spiro atoms. The van der Waals surface area contributed by atoms with Crippen molar-refractivity contribution in [2.24, 2.45) is 0 Å². The number of carbonyl (C=O) groups excluding carboxylic acids is 1. The van der Waals surface area contributed by atoms with Gasteiger partial charge in [-0.15, -0.1) is 0 Å². The first-order chi connectivity index (χ1) is 9.81. The van der Waals surface area contributed by atoms with E-state index < -0.39 is 0 Å². The van der Waals surface area contributed by atoms with Crippen molar-refractivity contribution in [3.05, 3.63) is 59.7 Å². The van der Waals surface area contributed by atoms with E-state index in [1.807, 2.05) is 19.1 Å². The average Bonchev–Trinajstić information content (AvgIpc) is 2.80. The van der Waals surface area contributed by atoms with Gasteiger partial charge in [0.2, 0.25) is 0 Å². The molecule has 0 saturated heterocycles. The molecule has 2 heteroatoms. The Labute approximate surface area is 119 Å². The van der Waals surface area contributed by atoms with Gasteiger partial charge in [-0.05, 0) is 28.7 Å². The Morgan fingerprint density at radius 3 is 2.10 bits per heavy atom. The lowest BCUT2D eigenvalue weighted by molar-refractivity contribution is -0.143. The molecule has 0 heterocycles. The van der Waals surface area contributed by atoms with E-state index in [0.29, 0.717) is 13.0 Å². The molecule has 2 nitrogen and oxygen atoms in total. The van der Waals surface area contributed by atoms with E-state index in [-0.39, 0.29) is 11.9 Å². The van der Waals surface area contributed by atoms with Crippen LogP contribution >= 0.6 is 0 Å². The standard InChI is InChI=1S/C18H18O2/c1-2-7-18(19)20-12-17-15-10-5-3-8-13(15)14-9-4-6-11-16(14)17/h3-6,8-11,17H,2,7,12H2,1H3. The van der Waals surface area contributed by atoms with Crippen LogP contribution in [-0.2, 0) is 9.53 Å². The van der Waals surface area contributed by atoms with E-state index in [0.717, 1.165) is 6.42 Å². The summed E-state index contributed by atoms with van der Waals surface area (Å²) in [5.41, 5.74) is 5.05. The van der Waals surface area contributed by atoms with E-state index >= 15 is 0 Å². The van der Waals surface area contributed by atoms with Crippen LogP contribution in [0.1, 0.15) is 36.8 Å². The van der Waals surface area contributed by atoms with Crippen molar-refractivity contribution in [3.8, 4) is 11.1 Å². The van der Waals surface area contributed by atoms with Gasteiger partial charge in [0.25, 0.3) is 0 Å². The second kappa shape index (κ2) is 5.49. The third-order valence-electron chi connectivity index (χ3n) is 3.83. The highest BCUT2D eigenvalue weighted by Crippen LogP contribution is 2.44. The van der Waals surface area contributed by atoms with Crippen LogP contribution in [0.4, 0.5) is 0 Å². The van der Waals surface area contributed by atoms with Crippen LogP contribution in [-0.4, -0.2) is 12.6 Å². The van der Waals surface area contributed by atoms with Crippen molar-refractivity contribution in [3.63, 3.8) is 0 Å². The number of hydrogen-bond acceptors (Lipinski definition) is 2. The number of fused-ring (bicyclic) bond motifs is 3. The summed E-state index contributed by atoms with van der Waals surface area (Å²) in [7, 11) is 0. The number of esters is 1. The Morgan fingerprint density at radius 2 is 1.55 bits per heavy atom. The van der Waals surface area contributed by atoms with Crippen LogP contribution < -0.4 is 0 Å². The third kappa shape index (κ3) is 2.22. The lowest BCUT2D eigenvalue weighted by atomic mass is 9.98. The quantitative estimate of drug-likeness (QED) is 0.777. The number of rotatable bonds is 4. The van der Waals surface area contributed by atoms with E-state index in [9.17, 15) is 4.79 Å². The Bertz CT molecular complexity index is 585. The van der Waals surface area contributed by atoms with Gasteiger partial charge in [0.05, 0.1) is 0 Å². The summed E-state index contributed by atoms with van der Waals surface area (Å²) in [6.07, 6.45) is 1.33. The molecule has 0 atom stereocenters. The Morgan fingerprint density at radius 1 is 1.00 bits per heavy atom. The summed E-state index contributed by atoms with van der Waals surface area (Å²) in [5.74, 6) is 0.0672. The van der Waals surface area contributed by atoms with Crippen molar-refractivity contribution in [1.29, 1.82) is 0 Å². The highest BCUT2D eigenvalue weighted by Gasteiger charge is 2.28. The molecule has 3 rings (SSSR count). The van der Waals surface area contributed by atoms with Crippen molar-refractivity contribution in [2.45, 2.75) is 25.7 Å². The first-order valence-corrected chi connectivity index (χ1v) is 7.15. The zero-order valence-corrected chi connectivity index (χ0v) is 11.6. The SMILES string of the molecule is CCCC(=O)OCC1c2ccccc2-c2ccccc21. The molecule has 0 radical (unpaired) electrons. The first-order valence-electron chi connectivity index (χ1n) is 7.15. The number of ether oxygens (including phenoxy) is 1. The molecule has 2 aromatic rings. The molecule has 0 fully saturated rings. The van der Waals surface area contributed by atoms with Crippen molar-refractivity contribution in [2.75, 3.05) is 6.61 Å². The predicted octanol–water partition coefficient (Wildman–Crippen LogP) is 4.14. The van der Waals surface area contributed by atoms with Crippen molar-refractivity contribution >= 4 is 5.97 Å². The first kappa shape index (κ1) is 12.9. The van der Waals surface area contributed by atoms with Gasteiger partial charge in [-0.1, -0.05) is 55.5 Å². The van der Waals surface area contributed by atoms with Crippen LogP contribution in [0.25, 0.3) is 11.1 Å². The van der Waals surface area contributed by atoms with Crippen molar-refractivity contribution < 1.29 is 9.53 Å². The molecule has 0 saturated carbocycles. The lowest BCUT2D eigenvalue weighted by Gasteiger charge is -2.13. The second-order valence-electron chi connectivity index (χ2n) is 5.16. The van der Waals surface area contributed by atoms with Crippen LogP contribution in [0.3, 0.4) is 0 Å². The summed E-state index contributed by atoms with van der Waals surface area (Å²) in [6, 6.07) is 16.8. The molecule has 2 aromatic carbocycles. The van der Waals surface area contributed by atoms with Crippen LogP contribution in [0.2, 0.25) is 0 Å². The number of hydrogen-bond donors (Lipinski definition) is 0. The fourth-order valence-corrected chi connectivity index (χ4v) is 2.89. The van der Waals surface area contributed by atoms with Gasteiger partial charge in [0.1, 0.15) is 6.61 Å². The molecular weight excluding hydrogens is 248 g/mol. The van der Waals surface area contributed by atoms with E-state index in [4.69, 9.17) is 4.74 Å². The molecule has 20 heavy (non-hydrogen) atoms. The normalized spacial score (nSPS) is 12.8. The molecule has 1 aliphatic carbocycles. The molecule has 1 aliphatic rings.